The average Bonchev–Trinajstić information content (AvgIpc) is 2.89. The lowest BCUT2D eigenvalue weighted by Gasteiger charge is -2.32. The second-order valence-electron chi connectivity index (χ2n) is 9.86. The van der Waals surface area contributed by atoms with Gasteiger partial charge in [0.15, 0.2) is 0 Å². The highest BCUT2D eigenvalue weighted by molar-refractivity contribution is 7.92. The maximum Gasteiger partial charge on any atom is 0.264 e. The molecule has 1 atom stereocenters. The maximum absolute atomic E-state index is 14.0. The van der Waals surface area contributed by atoms with Gasteiger partial charge in [0, 0.05) is 28.7 Å². The van der Waals surface area contributed by atoms with Gasteiger partial charge in [-0.3, -0.25) is 13.9 Å². The number of carbonyl (C=O) groups excluding carboxylic acids is 2. The third kappa shape index (κ3) is 7.56. The van der Waals surface area contributed by atoms with Gasteiger partial charge in [0.1, 0.15) is 12.6 Å². The third-order valence-corrected chi connectivity index (χ3v) is 8.99. The van der Waals surface area contributed by atoms with E-state index in [0.717, 1.165) is 27.4 Å². The van der Waals surface area contributed by atoms with Gasteiger partial charge >= 0.3 is 0 Å². The van der Waals surface area contributed by atoms with Crippen LogP contribution in [-0.2, 0) is 26.2 Å². The zero-order chi connectivity index (χ0) is 29.6. The molecule has 3 aromatic rings. The number of sulfonamides is 1. The lowest BCUT2D eigenvalue weighted by molar-refractivity contribution is -0.139. The number of halogens is 2. The standard InChI is InChI=1S/C30H35Cl2N3O4S/c1-6-14-33-30(37)23(5)34(18-26-27(31)8-7-9-28(26)32)29(36)19-35(24-16-21(3)15-22(4)17-24)40(38,39)25-12-10-20(2)11-13-25/h7-13,15-17,23H,6,14,18-19H2,1-5H3,(H,33,37). The van der Waals surface area contributed by atoms with Crippen LogP contribution in [0.2, 0.25) is 10.0 Å². The molecule has 214 valence electrons. The van der Waals surface area contributed by atoms with Crippen LogP contribution in [0.15, 0.2) is 65.6 Å². The maximum atomic E-state index is 14.0. The molecule has 2 amide bonds. The molecule has 0 fully saturated rings. The Hall–Kier alpha value is -3.07. The second-order valence-corrected chi connectivity index (χ2v) is 12.5. The van der Waals surface area contributed by atoms with Crippen molar-refractivity contribution in [1.82, 2.24) is 10.2 Å². The highest BCUT2D eigenvalue weighted by atomic mass is 35.5. The Balaban J connectivity index is 2.09. The topological polar surface area (TPSA) is 86.8 Å². The normalized spacial score (nSPS) is 12.1. The summed E-state index contributed by atoms with van der Waals surface area (Å²) < 4.78 is 29.0. The number of carbonyl (C=O) groups is 2. The first kappa shape index (κ1) is 31.5. The quantitative estimate of drug-likeness (QED) is 0.289. The summed E-state index contributed by atoms with van der Waals surface area (Å²) in [7, 11) is -4.15. The van der Waals surface area contributed by atoms with Gasteiger partial charge in [-0.25, -0.2) is 8.42 Å². The number of nitrogens with zero attached hydrogens (tertiary/aromatic N) is 2. The van der Waals surface area contributed by atoms with Gasteiger partial charge < -0.3 is 10.2 Å². The number of hydrogen-bond donors (Lipinski definition) is 1. The predicted molar refractivity (Wildman–Crippen MR) is 161 cm³/mol. The number of rotatable bonds is 11. The van der Waals surface area contributed by atoms with Gasteiger partial charge in [0.25, 0.3) is 10.0 Å². The molecule has 1 unspecified atom stereocenters. The van der Waals surface area contributed by atoms with Crippen LogP contribution in [0.1, 0.15) is 42.5 Å². The predicted octanol–water partition coefficient (Wildman–Crippen LogP) is 6.06. The van der Waals surface area contributed by atoms with E-state index >= 15 is 0 Å². The molecule has 0 saturated carbocycles. The smallest absolute Gasteiger partial charge is 0.264 e. The molecule has 0 heterocycles. The molecule has 7 nitrogen and oxygen atoms in total. The summed E-state index contributed by atoms with van der Waals surface area (Å²) in [6.07, 6.45) is 0.720. The van der Waals surface area contributed by atoms with Gasteiger partial charge in [-0.2, -0.15) is 0 Å². The van der Waals surface area contributed by atoms with Crippen molar-refractivity contribution < 1.29 is 18.0 Å². The molecule has 10 heteroatoms. The Kier molecular flexibility index (Phi) is 10.6. The number of nitrogens with one attached hydrogen (secondary N) is 1. The minimum Gasteiger partial charge on any atom is -0.354 e. The van der Waals surface area contributed by atoms with Gasteiger partial charge in [-0.1, -0.05) is 60.0 Å². The van der Waals surface area contributed by atoms with Crippen molar-refractivity contribution in [2.45, 2.75) is 58.5 Å². The molecule has 40 heavy (non-hydrogen) atoms. The summed E-state index contributed by atoms with van der Waals surface area (Å²) >= 11 is 12.8. The number of aryl methyl sites for hydroxylation is 3. The summed E-state index contributed by atoms with van der Waals surface area (Å²) in [5, 5.41) is 3.49. The fraction of sp³-hybridized carbons (Fsp3) is 0.333. The minimum atomic E-state index is -4.15. The number of anilines is 1. The van der Waals surface area contributed by atoms with Crippen molar-refractivity contribution in [3.63, 3.8) is 0 Å². The van der Waals surface area contributed by atoms with Crippen LogP contribution < -0.4 is 9.62 Å². The Morgan fingerprint density at radius 1 is 0.900 bits per heavy atom. The van der Waals surface area contributed by atoms with E-state index in [1.807, 2.05) is 33.8 Å². The minimum absolute atomic E-state index is 0.0551. The zero-order valence-corrected chi connectivity index (χ0v) is 25.7. The summed E-state index contributed by atoms with van der Waals surface area (Å²) in [6, 6.07) is 15.9. The van der Waals surface area contributed by atoms with E-state index in [9.17, 15) is 18.0 Å². The fourth-order valence-corrected chi connectivity index (χ4v) is 6.21. The van der Waals surface area contributed by atoms with Crippen molar-refractivity contribution in [3.05, 3.63) is 93.0 Å². The largest absolute Gasteiger partial charge is 0.354 e. The van der Waals surface area contributed by atoms with Crippen molar-refractivity contribution >= 4 is 50.7 Å². The molecule has 0 aliphatic heterocycles. The molecular weight excluding hydrogens is 569 g/mol. The van der Waals surface area contributed by atoms with Gasteiger partial charge in [-0.05, 0) is 81.6 Å². The van der Waals surface area contributed by atoms with Crippen molar-refractivity contribution in [2.24, 2.45) is 0 Å². The third-order valence-electron chi connectivity index (χ3n) is 6.49. The summed E-state index contributed by atoms with van der Waals surface area (Å²) in [5.41, 5.74) is 3.42. The van der Waals surface area contributed by atoms with Gasteiger partial charge in [0.05, 0.1) is 10.6 Å². The summed E-state index contributed by atoms with van der Waals surface area (Å²) in [5.74, 6) is -0.942. The van der Waals surface area contributed by atoms with Gasteiger partial charge in [0.2, 0.25) is 11.8 Å². The molecule has 0 aromatic heterocycles. The molecule has 0 aliphatic carbocycles. The lowest BCUT2D eigenvalue weighted by atomic mass is 10.1. The molecule has 0 spiro atoms. The summed E-state index contributed by atoms with van der Waals surface area (Å²) in [6.45, 7) is 8.94. The molecular formula is C30H35Cl2N3O4S. The van der Waals surface area contributed by atoms with Crippen LogP contribution in [0.4, 0.5) is 5.69 Å². The zero-order valence-electron chi connectivity index (χ0n) is 23.4. The molecule has 0 aliphatic rings. The first-order valence-electron chi connectivity index (χ1n) is 13.0. The number of benzene rings is 3. The van der Waals surface area contributed by atoms with E-state index in [0.29, 0.717) is 27.8 Å². The first-order valence-corrected chi connectivity index (χ1v) is 15.2. The van der Waals surface area contributed by atoms with E-state index in [-0.39, 0.29) is 17.3 Å². The highest BCUT2D eigenvalue weighted by Gasteiger charge is 2.33. The van der Waals surface area contributed by atoms with Crippen LogP contribution in [0.25, 0.3) is 0 Å². The Morgan fingerprint density at radius 3 is 2.02 bits per heavy atom. The van der Waals surface area contributed by atoms with E-state index in [2.05, 4.69) is 5.32 Å². The second kappa shape index (κ2) is 13.5. The van der Waals surface area contributed by atoms with Crippen molar-refractivity contribution in [2.75, 3.05) is 17.4 Å². The van der Waals surface area contributed by atoms with E-state index in [1.165, 1.54) is 17.0 Å². The molecule has 1 N–H and O–H groups in total. The highest BCUT2D eigenvalue weighted by Crippen LogP contribution is 2.29. The van der Waals surface area contributed by atoms with Crippen molar-refractivity contribution in [3.8, 4) is 0 Å². The molecule has 3 aromatic carbocycles. The fourth-order valence-electron chi connectivity index (χ4n) is 4.29. The van der Waals surface area contributed by atoms with Crippen LogP contribution in [-0.4, -0.2) is 44.3 Å². The lowest BCUT2D eigenvalue weighted by Crippen LogP contribution is -2.51. The monoisotopic (exact) mass is 603 g/mol. The van der Waals surface area contributed by atoms with E-state index in [1.54, 1.807) is 49.4 Å². The SMILES string of the molecule is CCCNC(=O)C(C)N(Cc1c(Cl)cccc1Cl)C(=O)CN(c1cc(C)cc(C)c1)S(=O)(=O)c1ccc(C)cc1. The Morgan fingerprint density at radius 2 is 1.48 bits per heavy atom. The number of hydrogen-bond acceptors (Lipinski definition) is 4. The Labute approximate surface area is 247 Å². The van der Waals surface area contributed by atoms with E-state index in [4.69, 9.17) is 23.2 Å². The molecule has 3 rings (SSSR count). The molecule has 0 bridgehead atoms. The van der Waals surface area contributed by atoms with Crippen LogP contribution >= 0.6 is 23.2 Å². The Bertz CT molecular complexity index is 1440. The summed E-state index contributed by atoms with van der Waals surface area (Å²) in [4.78, 5) is 28.4. The van der Waals surface area contributed by atoms with Crippen LogP contribution in [0.3, 0.4) is 0 Å². The van der Waals surface area contributed by atoms with E-state index < -0.39 is 28.5 Å². The average molecular weight is 605 g/mol. The van der Waals surface area contributed by atoms with Crippen LogP contribution in [0.5, 0.6) is 0 Å². The van der Waals surface area contributed by atoms with Crippen molar-refractivity contribution in [1.29, 1.82) is 0 Å². The number of amides is 2. The first-order chi connectivity index (χ1) is 18.8. The molecule has 0 saturated heterocycles. The van der Waals surface area contributed by atoms with Gasteiger partial charge in [-0.15, -0.1) is 0 Å². The molecule has 0 radical (unpaired) electrons. The van der Waals surface area contributed by atoms with Crippen LogP contribution in [0, 0.1) is 20.8 Å².